The molecule has 0 bridgehead atoms. The van der Waals surface area contributed by atoms with Crippen LogP contribution in [0.15, 0.2) is 17.5 Å². The fourth-order valence-electron chi connectivity index (χ4n) is 1.75. The van der Waals surface area contributed by atoms with Crippen LogP contribution in [0.25, 0.3) is 10.7 Å². The number of nitrogens with zero attached hydrogens (tertiary/aromatic N) is 2. The van der Waals surface area contributed by atoms with Gasteiger partial charge in [-0.3, -0.25) is 0 Å². The molecular weight excluding hydrogens is 208 g/mol. The van der Waals surface area contributed by atoms with Crippen LogP contribution in [0.3, 0.4) is 0 Å². The van der Waals surface area contributed by atoms with Gasteiger partial charge in [0.2, 0.25) is 0 Å². The highest BCUT2D eigenvalue weighted by Crippen LogP contribution is 2.25. The molecule has 0 unspecified atom stereocenters. The van der Waals surface area contributed by atoms with Gasteiger partial charge < -0.3 is 9.67 Å². The van der Waals surface area contributed by atoms with Crippen molar-refractivity contribution in [3.63, 3.8) is 0 Å². The molecule has 0 aliphatic carbocycles. The van der Waals surface area contributed by atoms with Crippen LogP contribution in [0.1, 0.15) is 11.4 Å². The summed E-state index contributed by atoms with van der Waals surface area (Å²) in [6.45, 7) is 2.16. The lowest BCUT2D eigenvalue weighted by atomic mass is 10.3. The summed E-state index contributed by atoms with van der Waals surface area (Å²) in [5, 5.41) is 11.0. The Morgan fingerprint density at radius 3 is 2.93 bits per heavy atom. The average molecular weight is 222 g/mol. The third kappa shape index (κ3) is 1.82. The summed E-state index contributed by atoms with van der Waals surface area (Å²) in [7, 11) is 2.00. The maximum Gasteiger partial charge on any atom is 0.150 e. The first-order valence-corrected chi connectivity index (χ1v) is 5.79. The molecule has 2 heterocycles. The van der Waals surface area contributed by atoms with Crippen LogP contribution in [0, 0.1) is 6.92 Å². The van der Waals surface area contributed by atoms with E-state index in [1.54, 1.807) is 11.3 Å². The molecule has 80 valence electrons. The summed E-state index contributed by atoms with van der Waals surface area (Å²) in [5.74, 6) is 0.992. The maximum absolute atomic E-state index is 8.97. The SMILES string of the molecule is Cc1nc(-c2cccs2)n(C)c1CCO. The van der Waals surface area contributed by atoms with Gasteiger partial charge in [0.1, 0.15) is 5.82 Å². The van der Waals surface area contributed by atoms with Crippen LogP contribution in [0.4, 0.5) is 0 Å². The highest BCUT2D eigenvalue weighted by Gasteiger charge is 2.12. The Morgan fingerprint density at radius 1 is 1.53 bits per heavy atom. The summed E-state index contributed by atoms with van der Waals surface area (Å²) >= 11 is 1.68. The fraction of sp³-hybridized carbons (Fsp3) is 0.364. The molecule has 2 rings (SSSR count). The molecule has 2 aromatic rings. The van der Waals surface area contributed by atoms with E-state index in [1.807, 2.05) is 25.4 Å². The molecule has 0 atom stereocenters. The lowest BCUT2D eigenvalue weighted by Gasteiger charge is -2.03. The van der Waals surface area contributed by atoms with Crippen LogP contribution < -0.4 is 0 Å². The first kappa shape index (κ1) is 10.4. The standard InChI is InChI=1S/C11H14N2OS/c1-8-9(5-6-14)13(2)11(12-8)10-4-3-7-15-10/h3-4,7,14H,5-6H2,1-2H3. The van der Waals surface area contributed by atoms with E-state index in [1.165, 1.54) is 4.88 Å². The van der Waals surface area contributed by atoms with E-state index in [2.05, 4.69) is 15.6 Å². The third-order valence-electron chi connectivity index (χ3n) is 2.50. The van der Waals surface area contributed by atoms with Gasteiger partial charge in [-0.1, -0.05) is 6.07 Å². The van der Waals surface area contributed by atoms with E-state index in [4.69, 9.17) is 5.11 Å². The first-order valence-electron chi connectivity index (χ1n) is 4.91. The Bertz CT molecular complexity index is 445. The second kappa shape index (κ2) is 4.16. The normalized spacial score (nSPS) is 10.9. The Labute approximate surface area is 93.0 Å². The third-order valence-corrected chi connectivity index (χ3v) is 3.37. The largest absolute Gasteiger partial charge is 0.396 e. The lowest BCUT2D eigenvalue weighted by molar-refractivity contribution is 0.296. The molecule has 4 heteroatoms. The van der Waals surface area contributed by atoms with Gasteiger partial charge in [-0.2, -0.15) is 0 Å². The minimum absolute atomic E-state index is 0.171. The number of aromatic nitrogens is 2. The number of aliphatic hydroxyl groups is 1. The molecule has 0 aliphatic rings. The molecule has 0 aliphatic heterocycles. The Hall–Kier alpha value is -1.13. The molecule has 1 N–H and O–H groups in total. The number of hydrogen-bond donors (Lipinski definition) is 1. The van der Waals surface area contributed by atoms with Gasteiger partial charge in [-0.05, 0) is 18.4 Å². The minimum Gasteiger partial charge on any atom is -0.396 e. The molecule has 0 saturated carbocycles. The van der Waals surface area contributed by atoms with Crippen molar-refractivity contribution in [2.24, 2.45) is 7.05 Å². The molecule has 2 aromatic heterocycles. The predicted octanol–water partition coefficient (Wildman–Crippen LogP) is 1.99. The molecular formula is C11H14N2OS. The van der Waals surface area contributed by atoms with Crippen molar-refractivity contribution >= 4 is 11.3 Å². The van der Waals surface area contributed by atoms with E-state index < -0.39 is 0 Å². The van der Waals surface area contributed by atoms with Crippen LogP contribution in [-0.2, 0) is 13.5 Å². The highest BCUT2D eigenvalue weighted by molar-refractivity contribution is 7.13. The number of aliphatic hydroxyl groups excluding tert-OH is 1. The monoisotopic (exact) mass is 222 g/mol. The van der Waals surface area contributed by atoms with Gasteiger partial charge >= 0.3 is 0 Å². The molecule has 0 fully saturated rings. The van der Waals surface area contributed by atoms with E-state index in [0.29, 0.717) is 6.42 Å². The van der Waals surface area contributed by atoms with Crippen molar-refractivity contribution < 1.29 is 5.11 Å². The summed E-state index contributed by atoms with van der Waals surface area (Å²) in [5.41, 5.74) is 2.12. The number of thiophene rings is 1. The molecule has 0 amide bonds. The Balaban J connectivity index is 2.46. The Kier molecular flexibility index (Phi) is 2.88. The molecule has 0 spiro atoms. The van der Waals surface area contributed by atoms with E-state index in [-0.39, 0.29) is 6.61 Å². The van der Waals surface area contributed by atoms with E-state index >= 15 is 0 Å². The van der Waals surface area contributed by atoms with Crippen molar-refractivity contribution in [1.29, 1.82) is 0 Å². The van der Waals surface area contributed by atoms with Crippen molar-refractivity contribution in [3.05, 3.63) is 28.9 Å². The average Bonchev–Trinajstić information content (AvgIpc) is 2.81. The summed E-state index contributed by atoms with van der Waals surface area (Å²) in [4.78, 5) is 5.70. The van der Waals surface area contributed by atoms with Gasteiger partial charge in [0, 0.05) is 25.8 Å². The lowest BCUT2D eigenvalue weighted by Crippen LogP contribution is -2.01. The van der Waals surface area contributed by atoms with Gasteiger partial charge in [-0.25, -0.2) is 4.98 Å². The number of hydrogen-bond acceptors (Lipinski definition) is 3. The maximum atomic E-state index is 8.97. The number of aryl methyl sites for hydroxylation is 1. The molecule has 0 saturated heterocycles. The van der Waals surface area contributed by atoms with Crippen LogP contribution in [0.5, 0.6) is 0 Å². The van der Waals surface area contributed by atoms with Crippen molar-refractivity contribution in [2.45, 2.75) is 13.3 Å². The van der Waals surface area contributed by atoms with Gasteiger partial charge in [0.25, 0.3) is 0 Å². The zero-order valence-electron chi connectivity index (χ0n) is 8.90. The summed E-state index contributed by atoms with van der Waals surface area (Å²) < 4.78 is 2.07. The van der Waals surface area contributed by atoms with Crippen molar-refractivity contribution in [3.8, 4) is 10.7 Å². The molecule has 0 aromatic carbocycles. The zero-order chi connectivity index (χ0) is 10.8. The Morgan fingerprint density at radius 2 is 2.33 bits per heavy atom. The van der Waals surface area contributed by atoms with Gasteiger partial charge in [0.15, 0.2) is 0 Å². The van der Waals surface area contributed by atoms with Crippen LogP contribution in [-0.4, -0.2) is 21.3 Å². The fourth-order valence-corrected chi connectivity index (χ4v) is 2.50. The number of rotatable bonds is 3. The van der Waals surface area contributed by atoms with Crippen LogP contribution in [0.2, 0.25) is 0 Å². The van der Waals surface area contributed by atoms with E-state index in [0.717, 1.165) is 17.2 Å². The molecule has 3 nitrogen and oxygen atoms in total. The molecule has 0 radical (unpaired) electrons. The first-order chi connectivity index (χ1) is 7.24. The van der Waals surface area contributed by atoms with Crippen molar-refractivity contribution in [2.75, 3.05) is 6.61 Å². The second-order valence-corrected chi connectivity index (χ2v) is 4.43. The zero-order valence-corrected chi connectivity index (χ0v) is 9.71. The predicted molar refractivity (Wildman–Crippen MR) is 62.0 cm³/mol. The summed E-state index contributed by atoms with van der Waals surface area (Å²) in [6, 6.07) is 4.09. The smallest absolute Gasteiger partial charge is 0.150 e. The topological polar surface area (TPSA) is 38.0 Å². The minimum atomic E-state index is 0.171. The van der Waals surface area contributed by atoms with E-state index in [9.17, 15) is 0 Å². The van der Waals surface area contributed by atoms with Crippen molar-refractivity contribution in [1.82, 2.24) is 9.55 Å². The molecule has 15 heavy (non-hydrogen) atoms. The van der Waals surface area contributed by atoms with Gasteiger partial charge in [-0.15, -0.1) is 11.3 Å². The quantitative estimate of drug-likeness (QED) is 0.862. The summed E-state index contributed by atoms with van der Waals surface area (Å²) in [6.07, 6.45) is 0.667. The van der Waals surface area contributed by atoms with Gasteiger partial charge in [0.05, 0.1) is 10.6 Å². The highest BCUT2D eigenvalue weighted by atomic mass is 32.1. The second-order valence-electron chi connectivity index (χ2n) is 3.48. The number of imidazole rings is 1. The van der Waals surface area contributed by atoms with Crippen LogP contribution >= 0.6 is 11.3 Å².